The summed E-state index contributed by atoms with van der Waals surface area (Å²) in [6.45, 7) is 8.21. The first-order valence-electron chi connectivity index (χ1n) is 6.27. The van der Waals surface area contributed by atoms with Crippen LogP contribution < -0.4 is 10.0 Å². The standard InChI is InChI=1S/C12H22N2O2S2/c1-4-10(3)7-14-18(15,16)12-6-11(9-17-12)8-13-5-2/h6,9-10,13-14H,4-5,7-8H2,1-3H3. The number of rotatable bonds is 8. The van der Waals surface area contributed by atoms with E-state index in [-0.39, 0.29) is 0 Å². The van der Waals surface area contributed by atoms with Crippen molar-refractivity contribution in [2.75, 3.05) is 13.1 Å². The molecule has 0 aliphatic heterocycles. The summed E-state index contributed by atoms with van der Waals surface area (Å²) >= 11 is 1.28. The van der Waals surface area contributed by atoms with Gasteiger partial charge in [-0.25, -0.2) is 13.1 Å². The zero-order chi connectivity index (χ0) is 13.6. The van der Waals surface area contributed by atoms with Crippen LogP contribution in [-0.4, -0.2) is 21.5 Å². The molecule has 6 heteroatoms. The molecule has 1 aromatic heterocycles. The van der Waals surface area contributed by atoms with Crippen LogP contribution in [0.5, 0.6) is 0 Å². The minimum absolute atomic E-state index is 0.362. The molecule has 1 unspecified atom stereocenters. The van der Waals surface area contributed by atoms with E-state index in [0.717, 1.165) is 18.5 Å². The molecule has 0 aliphatic carbocycles. The Balaban J connectivity index is 2.64. The third-order valence-corrected chi connectivity index (χ3v) is 5.70. The fourth-order valence-corrected chi connectivity index (χ4v) is 3.74. The zero-order valence-corrected chi connectivity index (χ0v) is 12.8. The normalized spacial score (nSPS) is 13.7. The van der Waals surface area contributed by atoms with Crippen molar-refractivity contribution >= 4 is 21.4 Å². The minimum atomic E-state index is -3.33. The first-order valence-corrected chi connectivity index (χ1v) is 8.63. The monoisotopic (exact) mass is 290 g/mol. The molecule has 0 saturated heterocycles. The van der Waals surface area contributed by atoms with E-state index in [2.05, 4.69) is 17.0 Å². The quantitative estimate of drug-likeness (QED) is 0.771. The Labute approximate surface area is 114 Å². The van der Waals surface area contributed by atoms with Crippen molar-refractivity contribution in [1.29, 1.82) is 0 Å². The van der Waals surface area contributed by atoms with Crippen molar-refractivity contribution in [2.24, 2.45) is 5.92 Å². The van der Waals surface area contributed by atoms with Gasteiger partial charge in [-0.15, -0.1) is 11.3 Å². The van der Waals surface area contributed by atoms with E-state index >= 15 is 0 Å². The van der Waals surface area contributed by atoms with E-state index in [4.69, 9.17) is 0 Å². The van der Waals surface area contributed by atoms with Gasteiger partial charge in [0.25, 0.3) is 0 Å². The molecule has 1 atom stereocenters. The molecule has 0 spiro atoms. The maximum atomic E-state index is 12.0. The second-order valence-corrected chi connectivity index (χ2v) is 7.32. The molecule has 0 bridgehead atoms. The fourth-order valence-electron chi connectivity index (χ4n) is 1.32. The molecule has 0 amide bonds. The summed E-state index contributed by atoms with van der Waals surface area (Å²) in [5.41, 5.74) is 1.02. The highest BCUT2D eigenvalue weighted by Gasteiger charge is 2.17. The molecule has 0 radical (unpaired) electrons. The molecule has 0 fully saturated rings. The lowest BCUT2D eigenvalue weighted by Gasteiger charge is -2.09. The molecule has 0 aliphatic rings. The molecule has 104 valence electrons. The third kappa shape index (κ3) is 4.68. The van der Waals surface area contributed by atoms with Crippen LogP contribution in [0.4, 0.5) is 0 Å². The highest BCUT2D eigenvalue weighted by molar-refractivity contribution is 7.91. The smallest absolute Gasteiger partial charge is 0.250 e. The third-order valence-electron chi connectivity index (χ3n) is 2.79. The maximum absolute atomic E-state index is 12.0. The second-order valence-electron chi connectivity index (χ2n) is 4.42. The van der Waals surface area contributed by atoms with Crippen LogP contribution in [0.3, 0.4) is 0 Å². The van der Waals surface area contributed by atoms with E-state index in [1.165, 1.54) is 11.3 Å². The van der Waals surface area contributed by atoms with Crippen LogP contribution in [-0.2, 0) is 16.6 Å². The number of hydrogen-bond donors (Lipinski definition) is 2. The number of thiophene rings is 1. The van der Waals surface area contributed by atoms with Gasteiger partial charge in [0, 0.05) is 13.1 Å². The van der Waals surface area contributed by atoms with E-state index < -0.39 is 10.0 Å². The highest BCUT2D eigenvalue weighted by atomic mass is 32.2. The van der Waals surface area contributed by atoms with Crippen molar-refractivity contribution in [3.05, 3.63) is 17.0 Å². The molecule has 4 nitrogen and oxygen atoms in total. The van der Waals surface area contributed by atoms with Gasteiger partial charge in [-0.2, -0.15) is 0 Å². The minimum Gasteiger partial charge on any atom is -0.313 e. The van der Waals surface area contributed by atoms with Crippen molar-refractivity contribution in [1.82, 2.24) is 10.0 Å². The SMILES string of the molecule is CCNCc1csc(S(=O)(=O)NCC(C)CC)c1. The summed E-state index contributed by atoms with van der Waals surface area (Å²) in [7, 11) is -3.33. The largest absolute Gasteiger partial charge is 0.313 e. The summed E-state index contributed by atoms with van der Waals surface area (Å²) in [6.07, 6.45) is 0.971. The van der Waals surface area contributed by atoms with Gasteiger partial charge in [0.05, 0.1) is 0 Å². The van der Waals surface area contributed by atoms with Crippen LogP contribution in [0.2, 0.25) is 0 Å². The zero-order valence-electron chi connectivity index (χ0n) is 11.2. The summed E-state index contributed by atoms with van der Waals surface area (Å²) in [6, 6.07) is 1.74. The molecular formula is C12H22N2O2S2. The molecular weight excluding hydrogens is 268 g/mol. The van der Waals surface area contributed by atoms with Gasteiger partial charge < -0.3 is 5.32 Å². The molecule has 0 saturated carbocycles. The van der Waals surface area contributed by atoms with Gasteiger partial charge >= 0.3 is 0 Å². The summed E-state index contributed by atoms with van der Waals surface area (Å²) < 4.78 is 27.1. The van der Waals surface area contributed by atoms with E-state index in [9.17, 15) is 8.42 Å². The second kappa shape index (κ2) is 7.23. The Hall–Kier alpha value is -0.430. The van der Waals surface area contributed by atoms with Crippen LogP contribution in [0.15, 0.2) is 15.7 Å². The predicted octanol–water partition coefficient (Wildman–Crippen LogP) is 2.18. The van der Waals surface area contributed by atoms with E-state index in [1.807, 2.05) is 19.2 Å². The molecule has 1 aromatic rings. The van der Waals surface area contributed by atoms with Crippen LogP contribution in [0.1, 0.15) is 32.8 Å². The number of sulfonamides is 1. The first kappa shape index (κ1) is 15.6. The molecule has 1 heterocycles. The van der Waals surface area contributed by atoms with E-state index in [1.54, 1.807) is 6.07 Å². The topological polar surface area (TPSA) is 58.2 Å². The first-order chi connectivity index (χ1) is 8.49. The van der Waals surface area contributed by atoms with Gasteiger partial charge in [-0.05, 0) is 29.5 Å². The van der Waals surface area contributed by atoms with Crippen molar-refractivity contribution in [3.63, 3.8) is 0 Å². The Kier molecular flexibility index (Phi) is 6.28. The average molecular weight is 290 g/mol. The number of hydrogen-bond acceptors (Lipinski definition) is 4. The van der Waals surface area contributed by atoms with Crippen molar-refractivity contribution in [3.8, 4) is 0 Å². The van der Waals surface area contributed by atoms with Crippen molar-refractivity contribution in [2.45, 2.75) is 37.9 Å². The lowest BCUT2D eigenvalue weighted by Crippen LogP contribution is -2.27. The molecule has 0 aromatic carbocycles. The van der Waals surface area contributed by atoms with Crippen LogP contribution in [0, 0.1) is 5.92 Å². The van der Waals surface area contributed by atoms with Crippen LogP contribution >= 0.6 is 11.3 Å². The fraction of sp³-hybridized carbons (Fsp3) is 0.667. The number of nitrogens with one attached hydrogen (secondary N) is 2. The molecule has 1 rings (SSSR count). The molecule has 18 heavy (non-hydrogen) atoms. The highest BCUT2D eigenvalue weighted by Crippen LogP contribution is 2.20. The molecule has 2 N–H and O–H groups in total. The predicted molar refractivity (Wildman–Crippen MR) is 76.3 cm³/mol. The Morgan fingerprint density at radius 3 is 2.72 bits per heavy atom. The summed E-state index contributed by atoms with van der Waals surface area (Å²) in [5.74, 6) is 0.362. The van der Waals surface area contributed by atoms with Gasteiger partial charge in [0.15, 0.2) is 0 Å². The van der Waals surface area contributed by atoms with Gasteiger partial charge in [-0.1, -0.05) is 27.2 Å². The van der Waals surface area contributed by atoms with Crippen LogP contribution in [0.25, 0.3) is 0 Å². The summed E-state index contributed by atoms with van der Waals surface area (Å²) in [4.78, 5) is 0. The Bertz CT molecular complexity index is 454. The lowest BCUT2D eigenvalue weighted by molar-refractivity contribution is 0.529. The average Bonchev–Trinajstić information content (AvgIpc) is 2.83. The van der Waals surface area contributed by atoms with Crippen molar-refractivity contribution < 1.29 is 8.42 Å². The van der Waals surface area contributed by atoms with E-state index in [0.29, 0.717) is 23.2 Å². The van der Waals surface area contributed by atoms with Gasteiger partial charge in [0.1, 0.15) is 4.21 Å². The van der Waals surface area contributed by atoms with Gasteiger partial charge in [-0.3, -0.25) is 0 Å². The lowest BCUT2D eigenvalue weighted by atomic mass is 10.1. The summed E-state index contributed by atoms with van der Waals surface area (Å²) in [5, 5.41) is 5.07. The maximum Gasteiger partial charge on any atom is 0.250 e. The van der Waals surface area contributed by atoms with Gasteiger partial charge in [0.2, 0.25) is 10.0 Å². The Morgan fingerprint density at radius 2 is 2.11 bits per heavy atom. The Morgan fingerprint density at radius 1 is 1.39 bits per heavy atom.